The van der Waals surface area contributed by atoms with E-state index in [-0.39, 0.29) is 61.7 Å². The molecule has 2 aromatic rings. The number of carboxylic acid groups (broad SMARTS) is 1. The standard InChI is InChI=1S/C24H31N3O7S/c1-15(2)9-10-16(3)21-20(23(31)25-4)18-14-17(11-13-28)22(26-24(18)34-21)27(35(5,32)33)12-7-6-8-19(29)30/h9-10,14,28H,1,3,6-8,11-13H2,2,4-5H3,(H,25,31)(H,29,30)/b10-9-. The number of carbonyl (C=O) groups is 2. The first-order valence-corrected chi connectivity index (χ1v) is 12.8. The molecular formula is C24H31N3O7S. The highest BCUT2D eigenvalue weighted by atomic mass is 32.2. The first-order chi connectivity index (χ1) is 16.4. The molecule has 0 unspecified atom stereocenters. The summed E-state index contributed by atoms with van der Waals surface area (Å²) < 4.78 is 32.2. The Balaban J connectivity index is 2.71. The second kappa shape index (κ2) is 11.8. The number of aliphatic carboxylic acids is 1. The van der Waals surface area contributed by atoms with Crippen LogP contribution in [0.5, 0.6) is 0 Å². The number of carbonyl (C=O) groups excluding carboxylic acids is 1. The van der Waals surface area contributed by atoms with Gasteiger partial charge in [-0.05, 0) is 37.8 Å². The molecule has 1 amide bonds. The smallest absolute Gasteiger partial charge is 0.303 e. The molecule has 0 aliphatic rings. The lowest BCUT2D eigenvalue weighted by atomic mass is 10.0. The number of aliphatic hydroxyl groups is 1. The number of unbranched alkanes of at least 4 members (excludes halogenated alkanes) is 1. The fourth-order valence-corrected chi connectivity index (χ4v) is 4.36. The van der Waals surface area contributed by atoms with Crippen molar-refractivity contribution >= 4 is 44.4 Å². The van der Waals surface area contributed by atoms with Crippen molar-refractivity contribution in [3.63, 3.8) is 0 Å². The van der Waals surface area contributed by atoms with E-state index < -0.39 is 21.9 Å². The highest BCUT2D eigenvalue weighted by Gasteiger charge is 2.27. The van der Waals surface area contributed by atoms with Crippen LogP contribution in [0, 0.1) is 0 Å². The monoisotopic (exact) mass is 505 g/mol. The molecular weight excluding hydrogens is 474 g/mol. The number of rotatable bonds is 13. The largest absolute Gasteiger partial charge is 0.481 e. The van der Waals surface area contributed by atoms with E-state index >= 15 is 0 Å². The summed E-state index contributed by atoms with van der Waals surface area (Å²) in [7, 11) is -2.34. The van der Waals surface area contributed by atoms with Crippen LogP contribution >= 0.6 is 0 Å². The Labute approximate surface area is 204 Å². The van der Waals surface area contributed by atoms with Gasteiger partial charge < -0.3 is 19.9 Å². The summed E-state index contributed by atoms with van der Waals surface area (Å²) >= 11 is 0. The number of nitrogens with zero attached hydrogens (tertiary/aromatic N) is 2. The van der Waals surface area contributed by atoms with Gasteiger partial charge in [-0.25, -0.2) is 8.42 Å². The lowest BCUT2D eigenvalue weighted by Crippen LogP contribution is -2.32. The van der Waals surface area contributed by atoms with E-state index in [1.165, 1.54) is 7.05 Å². The zero-order valence-electron chi connectivity index (χ0n) is 20.1. The SMILES string of the molecule is C=C(C)/C=C\C(=C)c1oc2nc(N(CCCCC(=O)O)S(C)(=O)=O)c(CCO)cc2c1C(=O)NC. The van der Waals surface area contributed by atoms with Crippen LogP contribution in [0.3, 0.4) is 0 Å². The molecule has 0 bridgehead atoms. The number of carboxylic acids is 1. The number of fused-ring (bicyclic) bond motifs is 1. The van der Waals surface area contributed by atoms with E-state index in [0.717, 1.165) is 16.1 Å². The molecule has 11 heteroatoms. The summed E-state index contributed by atoms with van der Waals surface area (Å²) in [4.78, 5) is 28.0. The molecule has 0 fully saturated rings. The maximum absolute atomic E-state index is 12.7. The molecule has 3 N–H and O–H groups in total. The highest BCUT2D eigenvalue weighted by Crippen LogP contribution is 2.34. The summed E-state index contributed by atoms with van der Waals surface area (Å²) in [6.07, 6.45) is 4.92. The second-order valence-corrected chi connectivity index (χ2v) is 9.98. The number of furan rings is 1. The van der Waals surface area contributed by atoms with Crippen molar-refractivity contribution in [2.45, 2.75) is 32.6 Å². The minimum atomic E-state index is -3.80. The van der Waals surface area contributed by atoms with Crippen LogP contribution in [0.2, 0.25) is 0 Å². The minimum Gasteiger partial charge on any atom is -0.481 e. The average molecular weight is 506 g/mol. The van der Waals surface area contributed by atoms with E-state index in [2.05, 4.69) is 23.5 Å². The number of sulfonamides is 1. The molecule has 0 aromatic carbocycles. The number of anilines is 1. The predicted octanol–water partition coefficient (Wildman–Crippen LogP) is 2.89. The van der Waals surface area contributed by atoms with Crippen molar-refractivity contribution in [1.82, 2.24) is 10.3 Å². The molecule has 0 saturated heterocycles. The molecule has 2 rings (SSSR count). The molecule has 35 heavy (non-hydrogen) atoms. The zero-order chi connectivity index (χ0) is 26.3. The van der Waals surface area contributed by atoms with Crippen molar-refractivity contribution in [1.29, 1.82) is 0 Å². The summed E-state index contributed by atoms with van der Waals surface area (Å²) in [5.74, 6) is -1.19. The van der Waals surface area contributed by atoms with Gasteiger partial charge in [-0.15, -0.1) is 0 Å². The normalized spacial score (nSPS) is 11.7. The number of allylic oxidation sites excluding steroid dienone is 4. The van der Waals surface area contributed by atoms with Gasteiger partial charge in [0.1, 0.15) is 11.6 Å². The number of nitrogens with one attached hydrogen (secondary N) is 1. The van der Waals surface area contributed by atoms with E-state index in [1.54, 1.807) is 25.1 Å². The first-order valence-electron chi connectivity index (χ1n) is 10.9. The average Bonchev–Trinajstić information content (AvgIpc) is 3.14. The third-order valence-electron chi connectivity index (χ3n) is 5.07. The first kappa shape index (κ1) is 27.8. The van der Waals surface area contributed by atoms with Gasteiger partial charge >= 0.3 is 5.97 Å². The van der Waals surface area contributed by atoms with Crippen molar-refractivity contribution in [3.8, 4) is 0 Å². The Morgan fingerprint density at radius 1 is 1.26 bits per heavy atom. The third-order valence-corrected chi connectivity index (χ3v) is 6.23. The second-order valence-electron chi connectivity index (χ2n) is 8.07. The van der Waals surface area contributed by atoms with Crippen molar-refractivity contribution in [3.05, 3.63) is 53.8 Å². The van der Waals surface area contributed by atoms with Crippen LogP contribution in [0.1, 0.15) is 47.9 Å². The third kappa shape index (κ3) is 7.03. The number of pyridine rings is 1. The molecule has 0 aliphatic carbocycles. The maximum Gasteiger partial charge on any atom is 0.303 e. The van der Waals surface area contributed by atoms with Crippen LogP contribution in [0.15, 0.2) is 41.4 Å². The molecule has 0 spiro atoms. The fourth-order valence-electron chi connectivity index (χ4n) is 3.43. The predicted molar refractivity (Wildman–Crippen MR) is 135 cm³/mol. The minimum absolute atomic E-state index is 0.00697. The van der Waals surface area contributed by atoms with Crippen molar-refractivity contribution < 1.29 is 32.6 Å². The molecule has 2 aromatic heterocycles. The van der Waals surface area contributed by atoms with Crippen molar-refractivity contribution in [2.24, 2.45) is 0 Å². The van der Waals surface area contributed by atoms with Gasteiger partial charge in [-0.3, -0.25) is 13.9 Å². The quantitative estimate of drug-likeness (QED) is 0.278. The lowest BCUT2D eigenvalue weighted by Gasteiger charge is -2.23. The summed E-state index contributed by atoms with van der Waals surface area (Å²) in [6.45, 7) is 9.27. The summed E-state index contributed by atoms with van der Waals surface area (Å²) in [5.41, 5.74) is 1.76. The molecule has 190 valence electrons. The Morgan fingerprint density at radius 2 is 1.94 bits per heavy atom. The van der Waals surface area contributed by atoms with Gasteiger partial charge in [-0.1, -0.05) is 30.9 Å². The maximum atomic E-state index is 12.7. The van der Waals surface area contributed by atoms with E-state index in [9.17, 15) is 23.1 Å². The molecule has 0 saturated carbocycles. The molecule has 0 radical (unpaired) electrons. The number of hydrogen-bond donors (Lipinski definition) is 3. The van der Waals surface area contributed by atoms with Crippen molar-refractivity contribution in [2.75, 3.05) is 30.8 Å². The van der Waals surface area contributed by atoms with Gasteiger partial charge in [0.15, 0.2) is 0 Å². The fraction of sp³-hybridized carbons (Fsp3) is 0.375. The zero-order valence-corrected chi connectivity index (χ0v) is 20.9. The summed E-state index contributed by atoms with van der Waals surface area (Å²) in [6, 6.07) is 1.58. The van der Waals surface area contributed by atoms with Gasteiger partial charge in [0, 0.05) is 32.2 Å². The van der Waals surface area contributed by atoms with Crippen LogP contribution in [-0.2, 0) is 21.2 Å². The highest BCUT2D eigenvalue weighted by molar-refractivity contribution is 7.92. The molecule has 0 atom stereocenters. The van der Waals surface area contributed by atoms with E-state index in [4.69, 9.17) is 9.52 Å². The Bertz CT molecular complexity index is 1280. The van der Waals surface area contributed by atoms with Crippen LogP contribution in [-0.4, -0.2) is 61.9 Å². The van der Waals surface area contributed by atoms with Crippen LogP contribution in [0.4, 0.5) is 5.82 Å². The molecule has 0 aliphatic heterocycles. The van der Waals surface area contributed by atoms with E-state index in [1.807, 2.05) is 0 Å². The van der Waals surface area contributed by atoms with Gasteiger partial charge in [-0.2, -0.15) is 4.98 Å². The molecule has 2 heterocycles. The number of amides is 1. The van der Waals surface area contributed by atoms with Crippen LogP contribution < -0.4 is 9.62 Å². The molecule has 10 nitrogen and oxygen atoms in total. The van der Waals surface area contributed by atoms with Gasteiger partial charge in [0.25, 0.3) is 5.91 Å². The van der Waals surface area contributed by atoms with Gasteiger partial charge in [0.2, 0.25) is 15.7 Å². The van der Waals surface area contributed by atoms with Crippen LogP contribution in [0.25, 0.3) is 16.7 Å². The number of aliphatic hydroxyl groups excluding tert-OH is 1. The Hall–Kier alpha value is -3.44. The summed E-state index contributed by atoms with van der Waals surface area (Å²) in [5, 5.41) is 21.4. The number of hydrogen-bond acceptors (Lipinski definition) is 7. The Morgan fingerprint density at radius 3 is 2.49 bits per heavy atom. The van der Waals surface area contributed by atoms with E-state index in [0.29, 0.717) is 16.5 Å². The number of aromatic nitrogens is 1. The Kier molecular flexibility index (Phi) is 9.38. The lowest BCUT2D eigenvalue weighted by molar-refractivity contribution is -0.137. The van der Waals surface area contributed by atoms with Gasteiger partial charge in [0.05, 0.1) is 17.2 Å². The topological polar surface area (TPSA) is 150 Å².